The van der Waals surface area contributed by atoms with Crippen molar-refractivity contribution in [2.24, 2.45) is 0 Å². The van der Waals surface area contributed by atoms with Gasteiger partial charge in [0.15, 0.2) is 0 Å². The van der Waals surface area contributed by atoms with Crippen LogP contribution in [0.25, 0.3) is 5.70 Å². The Bertz CT molecular complexity index is 268. The Kier molecular flexibility index (Phi) is 2.44. The topological polar surface area (TPSA) is 17.8 Å². The van der Waals surface area contributed by atoms with Crippen LogP contribution in [0.3, 0.4) is 0 Å². The summed E-state index contributed by atoms with van der Waals surface area (Å²) in [6.07, 6.45) is 8.93. The molecule has 0 saturated carbocycles. The van der Waals surface area contributed by atoms with Gasteiger partial charge in [0, 0.05) is 12.4 Å². The highest BCUT2D eigenvalue weighted by atomic mass is 15.3. The first-order valence-corrected chi connectivity index (χ1v) is 3.32. The van der Waals surface area contributed by atoms with Gasteiger partial charge in [0.05, 0.1) is 5.70 Å². The van der Waals surface area contributed by atoms with E-state index >= 15 is 0 Å². The molecule has 11 heavy (non-hydrogen) atoms. The van der Waals surface area contributed by atoms with Crippen LogP contribution < -0.4 is 0 Å². The van der Waals surface area contributed by atoms with Crippen LogP contribution in [0.15, 0.2) is 49.8 Å². The van der Waals surface area contributed by atoms with Crippen LogP contribution >= 0.6 is 0 Å². The van der Waals surface area contributed by atoms with E-state index in [1.165, 1.54) is 0 Å². The first kappa shape index (κ1) is 7.54. The first-order valence-electron chi connectivity index (χ1n) is 3.32. The largest absolute Gasteiger partial charge is 0.242 e. The maximum absolute atomic E-state index is 4.00. The number of hydrogen-bond donors (Lipinski definition) is 0. The Labute approximate surface area is 66.2 Å². The second kappa shape index (κ2) is 3.56. The van der Waals surface area contributed by atoms with E-state index in [9.17, 15) is 0 Å². The predicted octanol–water partition coefficient (Wildman–Crippen LogP) is 2.10. The lowest BCUT2D eigenvalue weighted by Crippen LogP contribution is -1.91. The van der Waals surface area contributed by atoms with Crippen molar-refractivity contribution < 1.29 is 0 Å². The van der Waals surface area contributed by atoms with E-state index in [1.54, 1.807) is 17.0 Å². The van der Waals surface area contributed by atoms with Crippen molar-refractivity contribution in [3.05, 3.63) is 49.8 Å². The number of aromatic nitrogens is 2. The average molecular weight is 146 g/mol. The van der Waals surface area contributed by atoms with E-state index in [-0.39, 0.29) is 0 Å². The molecule has 2 heteroatoms. The summed E-state index contributed by atoms with van der Waals surface area (Å²) < 4.78 is 1.69. The first-order chi connectivity index (χ1) is 5.34. The van der Waals surface area contributed by atoms with Crippen LogP contribution in [-0.4, -0.2) is 9.78 Å². The van der Waals surface area contributed by atoms with Gasteiger partial charge in [-0.3, -0.25) is 0 Å². The Morgan fingerprint density at radius 2 is 2.36 bits per heavy atom. The third kappa shape index (κ3) is 1.93. The van der Waals surface area contributed by atoms with Crippen LogP contribution in [0.1, 0.15) is 0 Å². The fourth-order valence-corrected chi connectivity index (χ4v) is 0.694. The maximum Gasteiger partial charge on any atom is 0.0573 e. The van der Waals surface area contributed by atoms with E-state index in [2.05, 4.69) is 18.3 Å². The summed E-state index contributed by atoms with van der Waals surface area (Å²) in [6, 6.07) is 1.85. The smallest absolute Gasteiger partial charge is 0.0573 e. The minimum atomic E-state index is 0.829. The van der Waals surface area contributed by atoms with Crippen molar-refractivity contribution in [1.29, 1.82) is 0 Å². The molecule has 0 aliphatic heterocycles. The number of rotatable bonds is 3. The van der Waals surface area contributed by atoms with Crippen LogP contribution in [-0.2, 0) is 0 Å². The van der Waals surface area contributed by atoms with Gasteiger partial charge in [0.1, 0.15) is 0 Å². The van der Waals surface area contributed by atoms with Gasteiger partial charge in [-0.25, -0.2) is 4.68 Å². The van der Waals surface area contributed by atoms with Gasteiger partial charge in [-0.05, 0) is 12.1 Å². The van der Waals surface area contributed by atoms with Crippen LogP contribution in [0.2, 0.25) is 0 Å². The minimum absolute atomic E-state index is 0.829. The molecule has 0 aliphatic carbocycles. The molecule has 0 saturated heterocycles. The summed E-state index contributed by atoms with van der Waals surface area (Å²) >= 11 is 0. The molecule has 0 unspecified atom stereocenters. The molecule has 2 nitrogen and oxygen atoms in total. The number of nitrogens with zero attached hydrogens (tertiary/aromatic N) is 2. The zero-order valence-corrected chi connectivity index (χ0v) is 6.27. The minimum Gasteiger partial charge on any atom is -0.242 e. The molecule has 56 valence electrons. The second-order valence-electron chi connectivity index (χ2n) is 2.04. The monoisotopic (exact) mass is 146 g/mol. The second-order valence-corrected chi connectivity index (χ2v) is 2.04. The Morgan fingerprint density at radius 3 is 2.91 bits per heavy atom. The maximum atomic E-state index is 4.00. The van der Waals surface area contributed by atoms with Gasteiger partial charge >= 0.3 is 0 Å². The molecule has 0 aliphatic rings. The highest BCUT2D eigenvalue weighted by molar-refractivity contribution is 5.53. The third-order valence-corrected chi connectivity index (χ3v) is 1.22. The lowest BCUT2D eigenvalue weighted by atomic mass is 10.4. The quantitative estimate of drug-likeness (QED) is 0.597. The molecule has 0 fully saturated rings. The molecule has 0 aromatic carbocycles. The normalized spacial score (nSPS) is 10.2. The summed E-state index contributed by atoms with van der Waals surface area (Å²) in [5, 5.41) is 4.00. The standard InChI is InChI=1S/C9H10N2/c1-3-4-6-9(2)11-8-5-7-10-11/h3-8H,1-2H2/b6-4-. The Balaban J connectivity index is 2.71. The van der Waals surface area contributed by atoms with E-state index < -0.39 is 0 Å². The molecule has 1 rings (SSSR count). The van der Waals surface area contributed by atoms with Crippen LogP contribution in [0.4, 0.5) is 0 Å². The lowest BCUT2D eigenvalue weighted by Gasteiger charge is -1.96. The highest BCUT2D eigenvalue weighted by Gasteiger charge is 1.88. The molecule has 0 radical (unpaired) electrons. The zero-order chi connectivity index (χ0) is 8.10. The fourth-order valence-electron chi connectivity index (χ4n) is 0.694. The van der Waals surface area contributed by atoms with Crippen molar-refractivity contribution in [2.45, 2.75) is 0 Å². The summed E-state index contributed by atoms with van der Waals surface area (Å²) in [4.78, 5) is 0. The zero-order valence-electron chi connectivity index (χ0n) is 6.27. The molecule has 0 bridgehead atoms. The number of hydrogen-bond acceptors (Lipinski definition) is 1. The van der Waals surface area contributed by atoms with E-state index in [0.29, 0.717) is 0 Å². The van der Waals surface area contributed by atoms with Gasteiger partial charge in [0.25, 0.3) is 0 Å². The Hall–Kier alpha value is -1.57. The predicted molar refractivity (Wildman–Crippen MR) is 46.9 cm³/mol. The van der Waals surface area contributed by atoms with Crippen molar-refractivity contribution in [3.8, 4) is 0 Å². The van der Waals surface area contributed by atoms with E-state index in [1.807, 2.05) is 24.4 Å². The molecule has 0 N–H and O–H groups in total. The molecule has 0 amide bonds. The van der Waals surface area contributed by atoms with Crippen molar-refractivity contribution in [2.75, 3.05) is 0 Å². The van der Waals surface area contributed by atoms with Crippen molar-refractivity contribution in [1.82, 2.24) is 9.78 Å². The molecule has 0 atom stereocenters. The van der Waals surface area contributed by atoms with Gasteiger partial charge in [-0.15, -0.1) is 0 Å². The summed E-state index contributed by atoms with van der Waals surface area (Å²) in [5.74, 6) is 0. The molecule has 1 aromatic rings. The fraction of sp³-hybridized carbons (Fsp3) is 0. The van der Waals surface area contributed by atoms with Crippen molar-refractivity contribution >= 4 is 5.70 Å². The summed E-state index contributed by atoms with van der Waals surface area (Å²) in [7, 11) is 0. The van der Waals surface area contributed by atoms with Gasteiger partial charge in [-0.1, -0.05) is 25.3 Å². The highest BCUT2D eigenvalue weighted by Crippen LogP contribution is 1.99. The van der Waals surface area contributed by atoms with Crippen molar-refractivity contribution in [3.63, 3.8) is 0 Å². The van der Waals surface area contributed by atoms with E-state index in [4.69, 9.17) is 0 Å². The molecule has 0 spiro atoms. The Morgan fingerprint density at radius 1 is 1.55 bits per heavy atom. The van der Waals surface area contributed by atoms with Gasteiger partial charge in [0.2, 0.25) is 0 Å². The third-order valence-electron chi connectivity index (χ3n) is 1.22. The molecular weight excluding hydrogens is 136 g/mol. The lowest BCUT2D eigenvalue weighted by molar-refractivity contribution is 0.912. The number of allylic oxidation sites excluding steroid dienone is 4. The van der Waals surface area contributed by atoms with Gasteiger partial charge < -0.3 is 0 Å². The molecule has 1 heterocycles. The van der Waals surface area contributed by atoms with Gasteiger partial charge in [-0.2, -0.15) is 5.10 Å². The average Bonchev–Trinajstić information content (AvgIpc) is 2.52. The SMILES string of the molecule is C=C/C=C\C(=C)n1cccn1. The van der Waals surface area contributed by atoms with E-state index in [0.717, 1.165) is 5.70 Å². The molecular formula is C9H10N2. The summed E-state index contributed by atoms with van der Waals surface area (Å²) in [5.41, 5.74) is 0.829. The van der Waals surface area contributed by atoms with Crippen LogP contribution in [0.5, 0.6) is 0 Å². The summed E-state index contributed by atoms with van der Waals surface area (Å²) in [6.45, 7) is 7.36. The van der Waals surface area contributed by atoms with Crippen LogP contribution in [0, 0.1) is 0 Å². The molecule has 1 aromatic heterocycles.